The Kier molecular flexibility index (Phi) is 4.29. The first kappa shape index (κ1) is 15.5. The lowest BCUT2D eigenvalue weighted by Crippen LogP contribution is -2.52. The fourth-order valence-corrected chi connectivity index (χ4v) is 2.92. The van der Waals surface area contributed by atoms with Gasteiger partial charge >= 0.3 is 5.97 Å². The highest BCUT2D eigenvalue weighted by Gasteiger charge is 2.33. The Morgan fingerprint density at radius 2 is 1.91 bits per heavy atom. The van der Waals surface area contributed by atoms with Crippen LogP contribution >= 0.6 is 0 Å². The molecule has 7 nitrogen and oxygen atoms in total. The molecule has 0 bridgehead atoms. The molecule has 3 rings (SSSR count). The van der Waals surface area contributed by atoms with Crippen molar-refractivity contribution in [1.82, 2.24) is 4.90 Å². The number of rotatable bonds is 3. The zero-order chi connectivity index (χ0) is 16.4. The van der Waals surface area contributed by atoms with E-state index in [-0.39, 0.29) is 25.0 Å². The Bertz CT molecular complexity index is 628. The predicted octanol–water partition coefficient (Wildman–Crippen LogP) is 0.739. The molecule has 0 unspecified atom stereocenters. The minimum Gasteiger partial charge on any atom is -0.480 e. The number of aliphatic carboxylic acids is 1. The predicted molar refractivity (Wildman–Crippen MR) is 81.3 cm³/mol. The number of morpholine rings is 1. The van der Waals surface area contributed by atoms with E-state index in [1.807, 2.05) is 0 Å². The Morgan fingerprint density at radius 1 is 1.17 bits per heavy atom. The maximum Gasteiger partial charge on any atom is 0.328 e. The van der Waals surface area contributed by atoms with Crippen molar-refractivity contribution in [2.75, 3.05) is 31.2 Å². The molecule has 7 heteroatoms. The fraction of sp³-hybridized carbons (Fsp3) is 0.438. The van der Waals surface area contributed by atoms with Crippen LogP contribution in [0.4, 0.5) is 5.69 Å². The quantitative estimate of drug-likeness (QED) is 0.888. The van der Waals surface area contributed by atoms with Gasteiger partial charge in [0.25, 0.3) is 5.91 Å². The van der Waals surface area contributed by atoms with Crippen LogP contribution in [0.3, 0.4) is 0 Å². The van der Waals surface area contributed by atoms with Gasteiger partial charge in [-0.15, -0.1) is 0 Å². The first-order valence-corrected chi connectivity index (χ1v) is 7.60. The summed E-state index contributed by atoms with van der Waals surface area (Å²) in [6, 6.07) is 5.77. The first-order chi connectivity index (χ1) is 11.1. The van der Waals surface area contributed by atoms with Crippen LogP contribution in [0.15, 0.2) is 24.3 Å². The second-order valence-corrected chi connectivity index (χ2v) is 5.62. The number of hydrogen-bond acceptors (Lipinski definition) is 4. The van der Waals surface area contributed by atoms with Crippen LogP contribution in [0.25, 0.3) is 0 Å². The molecule has 2 saturated heterocycles. The summed E-state index contributed by atoms with van der Waals surface area (Å²) < 4.78 is 5.14. The monoisotopic (exact) mass is 318 g/mol. The second-order valence-electron chi connectivity index (χ2n) is 5.62. The summed E-state index contributed by atoms with van der Waals surface area (Å²) in [5.74, 6) is -1.32. The lowest BCUT2D eigenvalue weighted by Gasteiger charge is -2.33. The number of carbonyl (C=O) groups excluding carboxylic acids is 2. The first-order valence-electron chi connectivity index (χ1n) is 7.60. The fourth-order valence-electron chi connectivity index (χ4n) is 2.92. The molecular formula is C16H18N2O5. The topological polar surface area (TPSA) is 87.2 Å². The number of carboxylic acid groups (broad SMARTS) is 1. The van der Waals surface area contributed by atoms with Crippen molar-refractivity contribution < 1.29 is 24.2 Å². The van der Waals surface area contributed by atoms with Crippen molar-refractivity contribution in [3.8, 4) is 0 Å². The van der Waals surface area contributed by atoms with Crippen LogP contribution < -0.4 is 4.90 Å². The molecule has 23 heavy (non-hydrogen) atoms. The molecular weight excluding hydrogens is 300 g/mol. The molecule has 0 radical (unpaired) electrons. The van der Waals surface area contributed by atoms with Crippen LogP contribution in [-0.4, -0.2) is 60.1 Å². The highest BCUT2D eigenvalue weighted by atomic mass is 16.5. The molecule has 0 saturated carbocycles. The molecule has 1 atom stereocenters. The average Bonchev–Trinajstić information content (AvgIpc) is 3.00. The Morgan fingerprint density at radius 3 is 2.52 bits per heavy atom. The zero-order valence-electron chi connectivity index (χ0n) is 12.6. The van der Waals surface area contributed by atoms with Crippen LogP contribution in [0.5, 0.6) is 0 Å². The van der Waals surface area contributed by atoms with Crippen molar-refractivity contribution >= 4 is 23.5 Å². The van der Waals surface area contributed by atoms with Crippen LogP contribution in [-0.2, 0) is 14.3 Å². The Hall–Kier alpha value is -2.41. The van der Waals surface area contributed by atoms with Crippen LogP contribution in [0.1, 0.15) is 23.2 Å². The highest BCUT2D eigenvalue weighted by Crippen LogP contribution is 2.22. The van der Waals surface area contributed by atoms with Crippen LogP contribution in [0, 0.1) is 0 Å². The third kappa shape index (κ3) is 3.05. The molecule has 2 aliphatic rings. The van der Waals surface area contributed by atoms with Gasteiger partial charge in [-0.05, 0) is 30.7 Å². The number of benzene rings is 1. The largest absolute Gasteiger partial charge is 0.480 e. The van der Waals surface area contributed by atoms with Gasteiger partial charge in [0.15, 0.2) is 6.04 Å². The average molecular weight is 318 g/mol. The van der Waals surface area contributed by atoms with Crippen molar-refractivity contribution in [2.45, 2.75) is 18.9 Å². The molecule has 1 aromatic rings. The summed E-state index contributed by atoms with van der Waals surface area (Å²) in [4.78, 5) is 38.5. The summed E-state index contributed by atoms with van der Waals surface area (Å²) in [5, 5.41) is 9.20. The number of anilines is 1. The maximum atomic E-state index is 12.5. The number of hydrogen-bond donors (Lipinski definition) is 1. The number of carbonyl (C=O) groups is 3. The van der Waals surface area contributed by atoms with Crippen molar-refractivity contribution in [3.05, 3.63) is 29.8 Å². The smallest absolute Gasteiger partial charge is 0.328 e. The second kappa shape index (κ2) is 6.37. The van der Waals surface area contributed by atoms with E-state index in [0.717, 1.165) is 12.1 Å². The van der Waals surface area contributed by atoms with E-state index in [9.17, 15) is 19.5 Å². The van der Waals surface area contributed by atoms with Gasteiger partial charge in [-0.25, -0.2) is 4.79 Å². The van der Waals surface area contributed by atoms with Crippen molar-refractivity contribution in [2.24, 2.45) is 0 Å². The normalized spacial score (nSPS) is 21.6. The summed E-state index contributed by atoms with van der Waals surface area (Å²) in [6.07, 6.45) is 1.39. The van der Waals surface area contributed by atoms with Gasteiger partial charge in [0.1, 0.15) is 0 Å². The lowest BCUT2D eigenvalue weighted by molar-refractivity contribution is -0.147. The van der Waals surface area contributed by atoms with Gasteiger partial charge in [-0.2, -0.15) is 0 Å². The standard InChI is InChI=1S/C16H18N2O5/c19-14-2-1-7-17(14)12-5-3-11(4-6-12)15(20)18-8-9-23-10-13(18)16(21)22/h3-6,13H,1-2,7-10H2,(H,21,22)/t13-/m0/s1. The lowest BCUT2D eigenvalue weighted by atomic mass is 10.1. The minimum absolute atomic E-state index is 0.00143. The molecule has 0 aliphatic carbocycles. The molecule has 2 fully saturated rings. The van der Waals surface area contributed by atoms with E-state index in [4.69, 9.17) is 4.74 Å². The van der Waals surface area contributed by atoms with E-state index in [1.54, 1.807) is 29.2 Å². The van der Waals surface area contributed by atoms with Gasteiger partial charge in [0, 0.05) is 30.8 Å². The van der Waals surface area contributed by atoms with Gasteiger partial charge in [-0.1, -0.05) is 0 Å². The molecule has 1 N–H and O–H groups in total. The van der Waals surface area contributed by atoms with E-state index in [0.29, 0.717) is 25.1 Å². The maximum absolute atomic E-state index is 12.5. The van der Waals surface area contributed by atoms with E-state index in [2.05, 4.69) is 0 Å². The molecule has 0 spiro atoms. The van der Waals surface area contributed by atoms with Crippen molar-refractivity contribution in [3.63, 3.8) is 0 Å². The summed E-state index contributed by atoms with van der Waals surface area (Å²) in [7, 11) is 0. The molecule has 0 aromatic heterocycles. The molecule has 122 valence electrons. The zero-order valence-corrected chi connectivity index (χ0v) is 12.6. The Balaban J connectivity index is 1.77. The SMILES string of the molecule is O=C(O)[C@@H]1COCCN1C(=O)c1ccc(N2CCCC2=O)cc1. The van der Waals surface area contributed by atoms with Gasteiger partial charge in [-0.3, -0.25) is 9.59 Å². The molecule has 2 amide bonds. The summed E-state index contributed by atoms with van der Waals surface area (Å²) in [5.41, 5.74) is 1.18. The number of carboxylic acids is 1. The Labute approximate surface area is 133 Å². The van der Waals surface area contributed by atoms with Crippen LogP contribution in [0.2, 0.25) is 0 Å². The number of amides is 2. The summed E-state index contributed by atoms with van der Waals surface area (Å²) >= 11 is 0. The van der Waals surface area contributed by atoms with Gasteiger partial charge in [0.05, 0.1) is 13.2 Å². The highest BCUT2D eigenvalue weighted by molar-refractivity contribution is 5.98. The molecule has 2 aliphatic heterocycles. The van der Waals surface area contributed by atoms with Gasteiger partial charge in [0.2, 0.25) is 5.91 Å². The van der Waals surface area contributed by atoms with Crippen molar-refractivity contribution in [1.29, 1.82) is 0 Å². The number of ether oxygens (including phenoxy) is 1. The molecule has 2 heterocycles. The third-order valence-electron chi connectivity index (χ3n) is 4.17. The third-order valence-corrected chi connectivity index (χ3v) is 4.17. The number of nitrogens with zero attached hydrogens (tertiary/aromatic N) is 2. The van der Waals surface area contributed by atoms with E-state index < -0.39 is 12.0 Å². The van der Waals surface area contributed by atoms with E-state index >= 15 is 0 Å². The summed E-state index contributed by atoms with van der Waals surface area (Å²) in [6.45, 7) is 1.27. The molecule has 1 aromatic carbocycles. The van der Waals surface area contributed by atoms with E-state index in [1.165, 1.54) is 4.90 Å². The van der Waals surface area contributed by atoms with Gasteiger partial charge < -0.3 is 19.6 Å². The minimum atomic E-state index is -1.07.